The van der Waals surface area contributed by atoms with E-state index in [1.165, 1.54) is 17.2 Å². The van der Waals surface area contributed by atoms with Gasteiger partial charge in [0.1, 0.15) is 6.54 Å². The number of likely N-dealkylation sites (tertiary alicyclic amines) is 1. The Hall–Kier alpha value is -3.19. The lowest BCUT2D eigenvalue weighted by molar-refractivity contribution is -0.133. The lowest BCUT2D eigenvalue weighted by Crippen LogP contribution is -2.61. The molecule has 5 rings (SSSR count). The number of carbonyl (C=O) groups excluding carboxylic acids is 3. The molecule has 0 bridgehead atoms. The van der Waals surface area contributed by atoms with Crippen LogP contribution in [-0.2, 0) is 29.0 Å². The van der Waals surface area contributed by atoms with E-state index in [-0.39, 0.29) is 36.1 Å². The second-order valence-electron chi connectivity index (χ2n) is 9.49. The van der Waals surface area contributed by atoms with Gasteiger partial charge in [-0.05, 0) is 61.6 Å². The molecule has 1 aliphatic heterocycles. The predicted octanol–water partition coefficient (Wildman–Crippen LogP) is 4.21. The van der Waals surface area contributed by atoms with Crippen molar-refractivity contribution in [3.63, 3.8) is 0 Å². The third-order valence-electron chi connectivity index (χ3n) is 7.28. The molecule has 0 saturated carbocycles. The highest BCUT2D eigenvalue weighted by molar-refractivity contribution is 9.10. The van der Waals surface area contributed by atoms with E-state index in [1.807, 2.05) is 35.8 Å². The molecule has 3 aromatic rings. The molecule has 2 heterocycles. The number of ketones is 1. The van der Waals surface area contributed by atoms with E-state index in [4.69, 9.17) is 0 Å². The van der Waals surface area contributed by atoms with Crippen molar-refractivity contribution in [2.24, 2.45) is 5.92 Å². The molecule has 1 aliphatic carbocycles. The van der Waals surface area contributed by atoms with E-state index >= 15 is 0 Å². The van der Waals surface area contributed by atoms with Gasteiger partial charge in [0.2, 0.25) is 11.8 Å². The Morgan fingerprint density at radius 2 is 1.89 bits per heavy atom. The number of rotatable bonds is 6. The summed E-state index contributed by atoms with van der Waals surface area (Å²) in [6.45, 7) is 6.53. The molecule has 1 N–H and O–H groups in total. The molecule has 2 amide bonds. The first-order valence-corrected chi connectivity index (χ1v) is 12.7. The number of carbonyl (C=O) groups is 3. The molecule has 1 atom stereocenters. The van der Waals surface area contributed by atoms with Gasteiger partial charge in [-0.25, -0.2) is 0 Å². The summed E-state index contributed by atoms with van der Waals surface area (Å²) in [7, 11) is 0. The van der Waals surface area contributed by atoms with E-state index in [1.54, 1.807) is 4.90 Å². The number of hydrogen-bond acceptors (Lipinski definition) is 3. The second kappa shape index (κ2) is 9.46. The maximum absolute atomic E-state index is 13.8. The topological polar surface area (TPSA) is 71.4 Å². The first-order valence-electron chi connectivity index (χ1n) is 12.0. The first kappa shape index (κ1) is 23.5. The Labute approximate surface area is 213 Å². The van der Waals surface area contributed by atoms with Crippen molar-refractivity contribution in [3.8, 4) is 0 Å². The molecule has 0 radical (unpaired) electrons. The van der Waals surface area contributed by atoms with E-state index in [0.29, 0.717) is 18.7 Å². The molecule has 180 valence electrons. The maximum Gasteiger partial charge on any atom is 0.246 e. The number of amides is 2. The summed E-state index contributed by atoms with van der Waals surface area (Å²) < 4.78 is 2.84. The lowest BCUT2D eigenvalue weighted by atomic mass is 9.79. The van der Waals surface area contributed by atoms with Gasteiger partial charge in [0.05, 0.1) is 6.04 Å². The van der Waals surface area contributed by atoms with E-state index in [2.05, 4.69) is 46.0 Å². The fraction of sp³-hybridized carbons (Fsp3) is 0.321. The Bertz CT molecular complexity index is 1350. The molecule has 6 nitrogen and oxygen atoms in total. The van der Waals surface area contributed by atoms with Crippen molar-refractivity contribution in [1.82, 2.24) is 14.8 Å². The SMILES string of the molecule is C=CC(=O)N1CC(NC(=O)Cn2c(C)c(C(=O)C3CCc4ccccc4C3)c3cc(Br)ccc32)C1. The molecular formula is C28H28BrN3O3. The quantitative estimate of drug-likeness (QED) is 0.381. The molecule has 35 heavy (non-hydrogen) atoms. The van der Waals surface area contributed by atoms with Crippen LogP contribution in [0.2, 0.25) is 0 Å². The zero-order valence-electron chi connectivity index (χ0n) is 19.7. The smallest absolute Gasteiger partial charge is 0.246 e. The zero-order valence-corrected chi connectivity index (χ0v) is 21.3. The Balaban J connectivity index is 1.39. The number of halogens is 1. The average Bonchev–Trinajstić information content (AvgIpc) is 3.10. The number of aryl methyl sites for hydroxylation is 1. The minimum atomic E-state index is -0.130. The summed E-state index contributed by atoms with van der Waals surface area (Å²) in [6.07, 6.45) is 3.77. The van der Waals surface area contributed by atoms with Gasteiger partial charge in [0, 0.05) is 45.6 Å². The normalized spacial score (nSPS) is 17.5. The molecule has 1 unspecified atom stereocenters. The highest BCUT2D eigenvalue weighted by atomic mass is 79.9. The number of nitrogens with one attached hydrogen (secondary N) is 1. The van der Waals surface area contributed by atoms with E-state index in [0.717, 1.165) is 40.3 Å². The van der Waals surface area contributed by atoms with Crippen molar-refractivity contribution in [2.45, 2.75) is 38.8 Å². The van der Waals surface area contributed by atoms with Gasteiger partial charge in [-0.2, -0.15) is 0 Å². The summed E-state index contributed by atoms with van der Waals surface area (Å²) in [5.41, 5.74) is 4.99. The Morgan fingerprint density at radius 1 is 1.14 bits per heavy atom. The Kier molecular flexibility index (Phi) is 6.36. The molecular weight excluding hydrogens is 506 g/mol. The maximum atomic E-state index is 13.8. The third kappa shape index (κ3) is 4.45. The van der Waals surface area contributed by atoms with E-state index < -0.39 is 0 Å². The van der Waals surface area contributed by atoms with Gasteiger partial charge < -0.3 is 14.8 Å². The van der Waals surface area contributed by atoms with Gasteiger partial charge in [0.25, 0.3) is 0 Å². The first-order chi connectivity index (χ1) is 16.9. The summed E-state index contributed by atoms with van der Waals surface area (Å²) in [4.78, 5) is 40.0. The van der Waals surface area contributed by atoms with E-state index in [9.17, 15) is 14.4 Å². The second-order valence-corrected chi connectivity index (χ2v) is 10.4. The molecule has 0 spiro atoms. The molecule has 1 saturated heterocycles. The van der Waals surface area contributed by atoms with Crippen LogP contribution in [0.5, 0.6) is 0 Å². The van der Waals surface area contributed by atoms with Crippen molar-refractivity contribution < 1.29 is 14.4 Å². The summed E-state index contributed by atoms with van der Waals surface area (Å²) in [5, 5.41) is 3.88. The lowest BCUT2D eigenvalue weighted by Gasteiger charge is -2.38. The fourth-order valence-electron chi connectivity index (χ4n) is 5.39. The van der Waals surface area contributed by atoms with Gasteiger partial charge in [-0.15, -0.1) is 0 Å². The van der Waals surface area contributed by atoms with Crippen molar-refractivity contribution in [3.05, 3.63) is 82.0 Å². The van der Waals surface area contributed by atoms with Crippen LogP contribution in [0.15, 0.2) is 59.6 Å². The van der Waals surface area contributed by atoms with Gasteiger partial charge in [0.15, 0.2) is 5.78 Å². The van der Waals surface area contributed by atoms with Crippen LogP contribution in [0, 0.1) is 12.8 Å². The van der Waals surface area contributed by atoms with Crippen molar-refractivity contribution >= 4 is 44.4 Å². The average molecular weight is 534 g/mol. The minimum Gasteiger partial charge on any atom is -0.348 e. The van der Waals surface area contributed by atoms with Crippen molar-refractivity contribution in [1.29, 1.82) is 0 Å². The van der Waals surface area contributed by atoms with Gasteiger partial charge in [-0.3, -0.25) is 14.4 Å². The number of hydrogen-bond donors (Lipinski definition) is 1. The molecule has 7 heteroatoms. The third-order valence-corrected chi connectivity index (χ3v) is 7.78. The number of nitrogens with zero attached hydrogens (tertiary/aromatic N) is 2. The highest BCUT2D eigenvalue weighted by Crippen LogP contribution is 2.34. The number of Topliss-reactive ketones (excluding diaryl/α,β-unsaturated/α-hetero) is 1. The van der Waals surface area contributed by atoms with Crippen LogP contribution in [0.1, 0.15) is 33.6 Å². The molecule has 1 fully saturated rings. The summed E-state index contributed by atoms with van der Waals surface area (Å²) >= 11 is 3.55. The monoisotopic (exact) mass is 533 g/mol. The van der Waals surface area contributed by atoms with Crippen LogP contribution >= 0.6 is 15.9 Å². The predicted molar refractivity (Wildman–Crippen MR) is 139 cm³/mol. The summed E-state index contributed by atoms with van der Waals surface area (Å²) in [5.74, 6) is -0.174. The van der Waals surface area contributed by atoms with Gasteiger partial charge in [-0.1, -0.05) is 46.8 Å². The molecule has 2 aromatic carbocycles. The molecule has 2 aliphatic rings. The fourth-order valence-corrected chi connectivity index (χ4v) is 5.75. The minimum absolute atomic E-state index is 0.0638. The zero-order chi connectivity index (χ0) is 24.7. The van der Waals surface area contributed by atoms with Crippen LogP contribution in [0.25, 0.3) is 10.9 Å². The van der Waals surface area contributed by atoms with Crippen LogP contribution in [-0.4, -0.2) is 46.2 Å². The largest absolute Gasteiger partial charge is 0.348 e. The number of fused-ring (bicyclic) bond motifs is 2. The van der Waals surface area contributed by atoms with Gasteiger partial charge >= 0.3 is 0 Å². The van der Waals surface area contributed by atoms with Crippen molar-refractivity contribution in [2.75, 3.05) is 13.1 Å². The Morgan fingerprint density at radius 3 is 2.63 bits per heavy atom. The number of aromatic nitrogens is 1. The van der Waals surface area contributed by atoms with Crippen LogP contribution in [0.4, 0.5) is 0 Å². The van der Waals surface area contributed by atoms with Crippen LogP contribution in [0.3, 0.4) is 0 Å². The van der Waals surface area contributed by atoms with Crippen LogP contribution < -0.4 is 5.32 Å². The molecule has 1 aromatic heterocycles. The highest BCUT2D eigenvalue weighted by Gasteiger charge is 2.32. The standard InChI is InChI=1S/C28H28BrN3O3/c1-3-26(34)31-14-22(15-31)30-25(33)16-32-17(2)27(23-13-21(29)10-11-24(23)32)28(35)20-9-8-18-6-4-5-7-19(18)12-20/h3-7,10-11,13,20,22H,1,8-9,12,14-16H2,2H3,(H,30,33). The summed E-state index contributed by atoms with van der Waals surface area (Å²) in [6, 6.07) is 14.2. The number of benzene rings is 2.